The van der Waals surface area contributed by atoms with Gasteiger partial charge in [-0.2, -0.15) is 0 Å². The lowest BCUT2D eigenvalue weighted by Gasteiger charge is -2.39. The van der Waals surface area contributed by atoms with E-state index < -0.39 is 43.4 Å². The average molecular weight is 877 g/mol. The van der Waals surface area contributed by atoms with Crippen LogP contribution < -0.4 is 0 Å². The number of hydrogen-bond acceptors (Lipinski definition) is 9. The molecule has 6 unspecified atom stereocenters. The molecule has 0 bridgehead atoms. The fourth-order valence-electron chi connectivity index (χ4n) is 7.78. The third-order valence-electron chi connectivity index (χ3n) is 11.8. The Morgan fingerprint density at radius 3 is 1.47 bits per heavy atom. The summed E-state index contributed by atoms with van der Waals surface area (Å²) in [6.45, 7) is 4.40. The first-order valence-corrected chi connectivity index (χ1v) is 25.7. The van der Waals surface area contributed by atoms with Crippen molar-refractivity contribution in [2.75, 3.05) is 26.4 Å². The molecule has 0 aliphatic carbocycles. The second kappa shape index (κ2) is 44.4. The highest BCUT2D eigenvalue weighted by Crippen LogP contribution is 2.23. The minimum atomic E-state index is -1.54. The smallest absolute Gasteiger partial charge is 0.306 e. The molecular weight excluding hydrogens is 781 g/mol. The standard InChI is InChI=1S/C53H96O9/c1-3-5-7-9-11-13-15-17-19-21-22-23-24-25-26-27-28-30-32-34-36-38-40-42-49(55)61-47(46-60-53-52(58)51(57)50(56)48(44-54)62-53)45-59-43-41-39-37-35-33-31-29-20-18-16-14-12-10-8-6-4-2/h6,8,12,14,18,20,31,33,47-48,50-54,56-58H,3-5,7,9-11,13,15-17,19,21-30,32,34-46H2,1-2H3/b8-6-,14-12-,20-18-,33-31-. The van der Waals surface area contributed by atoms with Crippen LogP contribution in [0, 0.1) is 0 Å². The van der Waals surface area contributed by atoms with Crippen molar-refractivity contribution in [2.45, 2.75) is 256 Å². The number of ether oxygens (including phenoxy) is 4. The Bertz CT molecular complexity index is 1090. The predicted molar refractivity (Wildman–Crippen MR) is 256 cm³/mol. The van der Waals surface area contributed by atoms with Gasteiger partial charge in [0.2, 0.25) is 0 Å². The van der Waals surface area contributed by atoms with Gasteiger partial charge in [0.05, 0.1) is 19.8 Å². The molecule has 0 aromatic carbocycles. The summed E-state index contributed by atoms with van der Waals surface area (Å²) in [5.74, 6) is -0.322. The molecule has 0 radical (unpaired) electrons. The number of aliphatic hydroxyl groups excluding tert-OH is 4. The number of hydrogen-bond donors (Lipinski definition) is 4. The number of allylic oxidation sites excluding steroid dienone is 8. The van der Waals surface area contributed by atoms with Crippen LogP contribution >= 0.6 is 0 Å². The largest absolute Gasteiger partial charge is 0.457 e. The zero-order valence-corrected chi connectivity index (χ0v) is 39.9. The van der Waals surface area contributed by atoms with Crippen molar-refractivity contribution in [1.82, 2.24) is 0 Å². The molecule has 1 aliphatic heterocycles. The van der Waals surface area contributed by atoms with E-state index in [1.807, 2.05) is 0 Å². The van der Waals surface area contributed by atoms with Gasteiger partial charge >= 0.3 is 5.97 Å². The number of carbonyl (C=O) groups excluding carboxylic acids is 1. The molecule has 1 rings (SSSR count). The van der Waals surface area contributed by atoms with Crippen LogP contribution in [0.25, 0.3) is 0 Å². The van der Waals surface area contributed by atoms with Crippen LogP contribution in [-0.2, 0) is 23.7 Å². The van der Waals surface area contributed by atoms with Crippen molar-refractivity contribution in [3.05, 3.63) is 48.6 Å². The summed E-state index contributed by atoms with van der Waals surface area (Å²) in [7, 11) is 0. The summed E-state index contributed by atoms with van der Waals surface area (Å²) < 4.78 is 22.8. The van der Waals surface area contributed by atoms with E-state index in [0.29, 0.717) is 13.0 Å². The van der Waals surface area contributed by atoms with Crippen LogP contribution in [0.2, 0.25) is 0 Å². The minimum absolute atomic E-state index is 0.124. The molecule has 0 aromatic heterocycles. The highest BCUT2D eigenvalue weighted by molar-refractivity contribution is 5.69. The van der Waals surface area contributed by atoms with E-state index in [1.54, 1.807) is 0 Å². The van der Waals surface area contributed by atoms with Crippen molar-refractivity contribution in [1.29, 1.82) is 0 Å². The zero-order valence-electron chi connectivity index (χ0n) is 39.9. The molecule has 62 heavy (non-hydrogen) atoms. The zero-order chi connectivity index (χ0) is 45.0. The number of rotatable bonds is 44. The molecule has 1 heterocycles. The second-order valence-corrected chi connectivity index (χ2v) is 17.6. The molecular formula is C53H96O9. The quantitative estimate of drug-likeness (QED) is 0.0268. The van der Waals surface area contributed by atoms with E-state index in [0.717, 1.165) is 70.6 Å². The number of aliphatic hydroxyl groups is 4. The van der Waals surface area contributed by atoms with Crippen molar-refractivity contribution in [3.63, 3.8) is 0 Å². The van der Waals surface area contributed by atoms with E-state index in [9.17, 15) is 25.2 Å². The first-order valence-electron chi connectivity index (χ1n) is 25.7. The minimum Gasteiger partial charge on any atom is -0.457 e. The van der Waals surface area contributed by atoms with E-state index in [1.165, 1.54) is 128 Å². The lowest BCUT2D eigenvalue weighted by atomic mass is 9.99. The van der Waals surface area contributed by atoms with Gasteiger partial charge in [-0.05, 0) is 51.4 Å². The molecule has 0 amide bonds. The van der Waals surface area contributed by atoms with Crippen LogP contribution in [0.15, 0.2) is 48.6 Å². The van der Waals surface area contributed by atoms with Crippen molar-refractivity contribution in [2.24, 2.45) is 0 Å². The summed E-state index contributed by atoms with van der Waals surface area (Å²) in [5.41, 5.74) is 0. The summed E-state index contributed by atoms with van der Waals surface area (Å²) >= 11 is 0. The molecule has 0 aromatic rings. The van der Waals surface area contributed by atoms with Crippen LogP contribution in [0.3, 0.4) is 0 Å². The Hall–Kier alpha value is -1.85. The van der Waals surface area contributed by atoms with Gasteiger partial charge in [-0.3, -0.25) is 4.79 Å². The third-order valence-corrected chi connectivity index (χ3v) is 11.8. The fraction of sp³-hybridized carbons (Fsp3) is 0.830. The summed E-state index contributed by atoms with van der Waals surface area (Å²) in [5, 5.41) is 40.2. The van der Waals surface area contributed by atoms with Gasteiger partial charge in [-0.1, -0.05) is 210 Å². The maximum atomic E-state index is 12.8. The molecule has 9 heteroatoms. The summed E-state index contributed by atoms with van der Waals surface area (Å²) in [4.78, 5) is 12.8. The monoisotopic (exact) mass is 877 g/mol. The molecule has 6 atom stereocenters. The van der Waals surface area contributed by atoms with Gasteiger partial charge < -0.3 is 39.4 Å². The highest BCUT2D eigenvalue weighted by Gasteiger charge is 2.44. The second-order valence-electron chi connectivity index (χ2n) is 17.6. The highest BCUT2D eigenvalue weighted by atomic mass is 16.7. The van der Waals surface area contributed by atoms with Gasteiger partial charge in [-0.25, -0.2) is 0 Å². The van der Waals surface area contributed by atoms with Gasteiger partial charge in [0.15, 0.2) is 6.29 Å². The van der Waals surface area contributed by atoms with Crippen LogP contribution in [-0.4, -0.2) is 89.6 Å². The maximum absolute atomic E-state index is 12.8. The average Bonchev–Trinajstić information content (AvgIpc) is 3.27. The predicted octanol–water partition coefficient (Wildman–Crippen LogP) is 12.5. The number of esters is 1. The van der Waals surface area contributed by atoms with Gasteiger partial charge in [0.25, 0.3) is 0 Å². The Morgan fingerprint density at radius 1 is 0.532 bits per heavy atom. The summed E-state index contributed by atoms with van der Waals surface area (Å²) in [6, 6.07) is 0. The molecule has 0 spiro atoms. The molecule has 4 N–H and O–H groups in total. The first-order chi connectivity index (χ1) is 30.4. The topological polar surface area (TPSA) is 135 Å². The van der Waals surface area contributed by atoms with Gasteiger partial charge in [-0.15, -0.1) is 0 Å². The van der Waals surface area contributed by atoms with E-state index in [4.69, 9.17) is 18.9 Å². The normalized spacial score (nSPS) is 20.1. The van der Waals surface area contributed by atoms with E-state index in [-0.39, 0.29) is 19.2 Å². The van der Waals surface area contributed by atoms with Crippen molar-refractivity contribution < 1.29 is 44.2 Å². The SMILES string of the molecule is CC/C=C\C/C=C\C/C=C\C/C=C\CCCCCOCC(COC1OC(CO)C(O)C(O)C1O)OC(=O)CCCCCCCCCCCCCCCCCCCCCCCCC. The first kappa shape index (κ1) is 58.2. The lowest BCUT2D eigenvalue weighted by molar-refractivity contribution is -0.305. The molecule has 1 saturated heterocycles. The Balaban J connectivity index is 2.20. The fourth-order valence-corrected chi connectivity index (χ4v) is 7.78. The Kier molecular flexibility index (Phi) is 41.6. The Morgan fingerprint density at radius 2 is 0.984 bits per heavy atom. The van der Waals surface area contributed by atoms with Crippen LogP contribution in [0.4, 0.5) is 0 Å². The summed E-state index contributed by atoms with van der Waals surface area (Å²) in [6.07, 6.45) is 48.7. The van der Waals surface area contributed by atoms with Gasteiger partial charge in [0.1, 0.15) is 30.5 Å². The Labute approximate surface area is 380 Å². The molecule has 1 fully saturated rings. The number of unbranched alkanes of at least 4 members (excludes halogenated alkanes) is 25. The van der Waals surface area contributed by atoms with E-state index in [2.05, 4.69) is 62.5 Å². The molecule has 9 nitrogen and oxygen atoms in total. The number of carbonyl (C=O) groups is 1. The van der Waals surface area contributed by atoms with E-state index >= 15 is 0 Å². The van der Waals surface area contributed by atoms with Crippen molar-refractivity contribution in [3.8, 4) is 0 Å². The lowest BCUT2D eigenvalue weighted by Crippen LogP contribution is -2.59. The molecule has 362 valence electrons. The molecule has 0 saturated carbocycles. The third kappa shape index (κ3) is 34.5. The van der Waals surface area contributed by atoms with Gasteiger partial charge in [0, 0.05) is 13.0 Å². The maximum Gasteiger partial charge on any atom is 0.306 e. The van der Waals surface area contributed by atoms with Crippen LogP contribution in [0.5, 0.6) is 0 Å². The molecule has 1 aliphatic rings. The van der Waals surface area contributed by atoms with Crippen LogP contribution in [0.1, 0.15) is 219 Å². The van der Waals surface area contributed by atoms with Crippen molar-refractivity contribution >= 4 is 5.97 Å².